The van der Waals surface area contributed by atoms with E-state index in [1.54, 1.807) is 6.07 Å². The Hall–Kier alpha value is -0.910. The zero-order chi connectivity index (χ0) is 10.4. The summed E-state index contributed by atoms with van der Waals surface area (Å²) in [6.07, 6.45) is -4.46. The average molecular weight is 265 g/mol. The summed E-state index contributed by atoms with van der Waals surface area (Å²) in [6, 6.07) is 6.06. The second-order valence-electron chi connectivity index (χ2n) is 2.85. The fourth-order valence-electron chi connectivity index (χ4n) is 1.17. The fourth-order valence-corrected chi connectivity index (χ4v) is 1.73. The number of benzene rings is 1. The first-order valence-electron chi connectivity index (χ1n) is 3.73. The number of halogens is 4. The summed E-state index contributed by atoms with van der Waals surface area (Å²) in [5, 5.41) is 6.21. The standard InChI is InChI=1S/C8H4BrF3N2/c9-6-4-2-1-3-5(6)7(13-14-7)8(10,11)12/h1-4H. The highest BCUT2D eigenvalue weighted by molar-refractivity contribution is 9.10. The quantitative estimate of drug-likeness (QED) is 0.740. The Balaban J connectivity index is 2.46. The van der Waals surface area contributed by atoms with E-state index >= 15 is 0 Å². The van der Waals surface area contributed by atoms with Gasteiger partial charge in [0, 0.05) is 10.0 Å². The van der Waals surface area contributed by atoms with Crippen LogP contribution in [0.3, 0.4) is 0 Å². The van der Waals surface area contributed by atoms with Crippen molar-refractivity contribution in [3.8, 4) is 0 Å². The highest BCUT2D eigenvalue weighted by Gasteiger charge is 2.65. The summed E-state index contributed by atoms with van der Waals surface area (Å²) >= 11 is 3.04. The summed E-state index contributed by atoms with van der Waals surface area (Å²) < 4.78 is 38.0. The van der Waals surface area contributed by atoms with Crippen molar-refractivity contribution in [2.24, 2.45) is 10.2 Å². The van der Waals surface area contributed by atoms with Gasteiger partial charge in [-0.25, -0.2) is 0 Å². The minimum Gasteiger partial charge on any atom is -0.166 e. The second kappa shape index (κ2) is 2.79. The molecule has 0 spiro atoms. The van der Waals surface area contributed by atoms with E-state index in [1.807, 2.05) is 0 Å². The third kappa shape index (κ3) is 1.25. The predicted octanol–water partition coefficient (Wildman–Crippen LogP) is 3.63. The fraction of sp³-hybridized carbons (Fsp3) is 0.250. The molecule has 2 rings (SSSR count). The Bertz CT molecular complexity index is 394. The van der Waals surface area contributed by atoms with Crippen molar-refractivity contribution in [1.29, 1.82) is 0 Å². The van der Waals surface area contributed by atoms with Crippen molar-refractivity contribution < 1.29 is 13.2 Å². The van der Waals surface area contributed by atoms with Gasteiger partial charge in [0.2, 0.25) is 0 Å². The molecule has 1 aromatic rings. The number of hydrogen-bond donors (Lipinski definition) is 0. The van der Waals surface area contributed by atoms with Gasteiger partial charge in [0.25, 0.3) is 0 Å². The van der Waals surface area contributed by atoms with Gasteiger partial charge >= 0.3 is 11.8 Å². The zero-order valence-electron chi connectivity index (χ0n) is 6.72. The first kappa shape index (κ1) is 9.64. The molecular formula is C8H4BrF3N2. The van der Waals surface area contributed by atoms with E-state index in [1.165, 1.54) is 18.2 Å². The average Bonchev–Trinajstić information content (AvgIpc) is 2.84. The Labute approximate surface area is 86.0 Å². The Morgan fingerprint density at radius 3 is 2.14 bits per heavy atom. The number of nitrogens with zero attached hydrogens (tertiary/aromatic N) is 2. The Kier molecular flexibility index (Phi) is 1.92. The molecule has 0 radical (unpaired) electrons. The van der Waals surface area contributed by atoms with Crippen LogP contribution in [0.5, 0.6) is 0 Å². The first-order chi connectivity index (χ1) is 6.47. The third-order valence-corrected chi connectivity index (χ3v) is 2.64. The molecule has 0 aromatic heterocycles. The maximum Gasteiger partial charge on any atom is 0.442 e. The van der Waals surface area contributed by atoms with Gasteiger partial charge < -0.3 is 0 Å². The number of hydrogen-bond acceptors (Lipinski definition) is 2. The molecule has 14 heavy (non-hydrogen) atoms. The summed E-state index contributed by atoms with van der Waals surface area (Å²) in [5.41, 5.74) is -2.29. The van der Waals surface area contributed by atoms with Gasteiger partial charge in [-0.3, -0.25) is 0 Å². The van der Waals surface area contributed by atoms with Crippen LogP contribution >= 0.6 is 15.9 Å². The molecule has 1 heterocycles. The van der Waals surface area contributed by atoms with Gasteiger partial charge in [0.05, 0.1) is 0 Å². The Morgan fingerprint density at radius 1 is 1.14 bits per heavy atom. The van der Waals surface area contributed by atoms with Crippen molar-refractivity contribution in [1.82, 2.24) is 0 Å². The summed E-state index contributed by atoms with van der Waals surface area (Å²) in [5.74, 6) is 0. The lowest BCUT2D eigenvalue weighted by Gasteiger charge is -2.15. The maximum atomic E-state index is 12.6. The summed E-state index contributed by atoms with van der Waals surface area (Å²) in [6.45, 7) is 0. The van der Waals surface area contributed by atoms with Gasteiger partial charge in [-0.2, -0.15) is 13.2 Å². The molecule has 0 atom stereocenters. The van der Waals surface area contributed by atoms with E-state index in [0.717, 1.165) is 0 Å². The number of alkyl halides is 3. The summed E-state index contributed by atoms with van der Waals surface area (Å²) in [4.78, 5) is 0. The second-order valence-corrected chi connectivity index (χ2v) is 3.70. The highest BCUT2D eigenvalue weighted by Crippen LogP contribution is 2.53. The molecule has 0 saturated heterocycles. The smallest absolute Gasteiger partial charge is 0.166 e. The molecule has 6 heteroatoms. The highest BCUT2D eigenvalue weighted by atomic mass is 79.9. The van der Waals surface area contributed by atoms with Gasteiger partial charge in [0.15, 0.2) is 0 Å². The van der Waals surface area contributed by atoms with E-state index in [2.05, 4.69) is 26.2 Å². The molecule has 1 aliphatic rings. The first-order valence-corrected chi connectivity index (χ1v) is 4.52. The molecule has 0 aliphatic carbocycles. The largest absolute Gasteiger partial charge is 0.442 e. The van der Waals surface area contributed by atoms with Crippen LogP contribution in [0, 0.1) is 0 Å². The van der Waals surface area contributed by atoms with Crippen molar-refractivity contribution >= 4 is 15.9 Å². The maximum absolute atomic E-state index is 12.6. The van der Waals surface area contributed by atoms with Gasteiger partial charge in [-0.1, -0.05) is 34.1 Å². The van der Waals surface area contributed by atoms with Crippen LogP contribution in [0.4, 0.5) is 13.2 Å². The molecule has 0 bridgehead atoms. The van der Waals surface area contributed by atoms with Crippen molar-refractivity contribution in [3.05, 3.63) is 34.3 Å². The van der Waals surface area contributed by atoms with Gasteiger partial charge in [-0.15, -0.1) is 10.2 Å². The summed E-state index contributed by atoms with van der Waals surface area (Å²) in [7, 11) is 0. The van der Waals surface area contributed by atoms with Crippen LogP contribution in [0.2, 0.25) is 0 Å². The normalized spacial score (nSPS) is 18.3. The van der Waals surface area contributed by atoms with Gasteiger partial charge in [0.1, 0.15) is 0 Å². The molecular weight excluding hydrogens is 261 g/mol. The lowest BCUT2D eigenvalue weighted by molar-refractivity contribution is -0.166. The monoisotopic (exact) mass is 264 g/mol. The van der Waals surface area contributed by atoms with E-state index < -0.39 is 11.8 Å². The lowest BCUT2D eigenvalue weighted by Crippen LogP contribution is -2.30. The molecule has 0 saturated carbocycles. The molecule has 1 aliphatic heterocycles. The SMILES string of the molecule is FC(F)(F)C1(c2ccccc2Br)N=N1. The van der Waals surface area contributed by atoms with Crippen molar-refractivity contribution in [2.45, 2.75) is 11.8 Å². The van der Waals surface area contributed by atoms with Gasteiger partial charge in [-0.05, 0) is 6.07 Å². The molecule has 2 nitrogen and oxygen atoms in total. The minimum atomic E-state index is -4.46. The van der Waals surface area contributed by atoms with Crippen LogP contribution in [0.1, 0.15) is 5.56 Å². The molecule has 0 amide bonds. The van der Waals surface area contributed by atoms with E-state index in [4.69, 9.17) is 0 Å². The van der Waals surface area contributed by atoms with Crippen LogP contribution < -0.4 is 0 Å². The van der Waals surface area contributed by atoms with Crippen LogP contribution in [-0.2, 0) is 5.66 Å². The van der Waals surface area contributed by atoms with Crippen molar-refractivity contribution in [3.63, 3.8) is 0 Å². The van der Waals surface area contributed by atoms with E-state index in [-0.39, 0.29) is 5.56 Å². The number of rotatable bonds is 1. The van der Waals surface area contributed by atoms with Crippen molar-refractivity contribution in [2.75, 3.05) is 0 Å². The van der Waals surface area contributed by atoms with Crippen LogP contribution in [0.25, 0.3) is 0 Å². The molecule has 0 fully saturated rings. The topological polar surface area (TPSA) is 24.7 Å². The van der Waals surface area contributed by atoms with E-state index in [9.17, 15) is 13.2 Å². The van der Waals surface area contributed by atoms with Crippen LogP contribution in [-0.4, -0.2) is 6.18 Å². The Morgan fingerprint density at radius 2 is 1.71 bits per heavy atom. The zero-order valence-corrected chi connectivity index (χ0v) is 8.30. The molecule has 0 N–H and O–H groups in total. The molecule has 74 valence electrons. The minimum absolute atomic E-state index is 0.0347. The molecule has 0 unspecified atom stereocenters. The van der Waals surface area contributed by atoms with Crippen LogP contribution in [0.15, 0.2) is 39.0 Å². The molecule has 1 aromatic carbocycles. The van der Waals surface area contributed by atoms with E-state index in [0.29, 0.717) is 4.47 Å². The third-order valence-electron chi connectivity index (χ3n) is 1.94. The predicted molar refractivity (Wildman–Crippen MR) is 46.7 cm³/mol. The lowest BCUT2D eigenvalue weighted by atomic mass is 10.0.